The molecule has 0 bridgehead atoms. The van der Waals surface area contributed by atoms with Gasteiger partial charge in [0, 0.05) is 12.7 Å². The second kappa shape index (κ2) is 6.07. The van der Waals surface area contributed by atoms with E-state index >= 15 is 0 Å². The van der Waals surface area contributed by atoms with E-state index in [9.17, 15) is 8.42 Å². The van der Waals surface area contributed by atoms with Crippen molar-refractivity contribution in [3.8, 4) is 5.75 Å². The highest BCUT2D eigenvalue weighted by atomic mass is 32.2. The summed E-state index contributed by atoms with van der Waals surface area (Å²) in [6.45, 7) is 5.05. The number of aromatic nitrogens is 1. The average molecular weight is 310 g/mol. The summed E-state index contributed by atoms with van der Waals surface area (Å²) in [5.74, 6) is 1.03. The minimum atomic E-state index is -3.79. The molecule has 1 aromatic carbocycles. The highest BCUT2D eigenvalue weighted by Gasteiger charge is 2.21. The minimum Gasteiger partial charge on any atom is -0.496 e. The van der Waals surface area contributed by atoms with Crippen molar-refractivity contribution in [3.63, 3.8) is 0 Å². The Morgan fingerprint density at radius 3 is 2.48 bits per heavy atom. The van der Waals surface area contributed by atoms with Gasteiger partial charge < -0.3 is 9.30 Å². The van der Waals surface area contributed by atoms with E-state index in [1.807, 2.05) is 16.7 Å². The van der Waals surface area contributed by atoms with E-state index in [0.29, 0.717) is 17.1 Å². The van der Waals surface area contributed by atoms with E-state index in [1.54, 1.807) is 12.3 Å². The van der Waals surface area contributed by atoms with Crippen LogP contribution in [0.5, 0.6) is 5.75 Å². The number of rotatable bonds is 6. The largest absolute Gasteiger partial charge is 0.496 e. The summed E-state index contributed by atoms with van der Waals surface area (Å²) < 4.78 is 31.0. The second-order valence-electron chi connectivity index (χ2n) is 5.23. The molecule has 0 spiro atoms. The molecule has 116 valence electrons. The SMILES string of the molecule is CCC(CC)Cn1cc(S(N)(=O)=O)c2c(OC)cccc21. The molecule has 0 saturated carbocycles. The summed E-state index contributed by atoms with van der Waals surface area (Å²) in [6.07, 6.45) is 3.72. The molecule has 2 rings (SSSR count). The third kappa shape index (κ3) is 3.06. The maximum Gasteiger partial charge on any atom is 0.240 e. The van der Waals surface area contributed by atoms with Gasteiger partial charge in [-0.1, -0.05) is 32.8 Å². The van der Waals surface area contributed by atoms with Crippen molar-refractivity contribution in [1.29, 1.82) is 0 Å². The number of sulfonamides is 1. The van der Waals surface area contributed by atoms with Crippen LogP contribution in [0.1, 0.15) is 26.7 Å². The smallest absolute Gasteiger partial charge is 0.240 e. The number of benzene rings is 1. The van der Waals surface area contributed by atoms with Gasteiger partial charge in [-0.25, -0.2) is 13.6 Å². The summed E-state index contributed by atoms with van der Waals surface area (Å²) in [4.78, 5) is 0.126. The lowest BCUT2D eigenvalue weighted by Crippen LogP contribution is -2.12. The van der Waals surface area contributed by atoms with Crippen molar-refractivity contribution in [1.82, 2.24) is 4.57 Å². The molecule has 0 fully saturated rings. The van der Waals surface area contributed by atoms with Gasteiger partial charge in [0.25, 0.3) is 0 Å². The Labute approximate surface area is 125 Å². The fraction of sp³-hybridized carbons (Fsp3) is 0.467. The average Bonchev–Trinajstić information content (AvgIpc) is 2.83. The maximum absolute atomic E-state index is 11.9. The lowest BCUT2D eigenvalue weighted by Gasteiger charge is -2.14. The Kier molecular flexibility index (Phi) is 4.58. The van der Waals surface area contributed by atoms with E-state index in [0.717, 1.165) is 24.9 Å². The van der Waals surface area contributed by atoms with Gasteiger partial charge in [-0.15, -0.1) is 0 Å². The minimum absolute atomic E-state index is 0.126. The van der Waals surface area contributed by atoms with Gasteiger partial charge in [0.05, 0.1) is 18.0 Å². The van der Waals surface area contributed by atoms with Gasteiger partial charge >= 0.3 is 0 Å². The molecular formula is C15H22N2O3S. The van der Waals surface area contributed by atoms with Gasteiger partial charge in [0.2, 0.25) is 10.0 Å². The third-order valence-corrected chi connectivity index (χ3v) is 4.89. The zero-order chi connectivity index (χ0) is 15.6. The van der Waals surface area contributed by atoms with E-state index in [2.05, 4.69) is 13.8 Å². The van der Waals surface area contributed by atoms with Gasteiger partial charge in [0.15, 0.2) is 0 Å². The highest BCUT2D eigenvalue weighted by molar-refractivity contribution is 7.89. The Balaban J connectivity index is 2.68. The van der Waals surface area contributed by atoms with E-state index in [4.69, 9.17) is 9.88 Å². The molecule has 0 amide bonds. The monoisotopic (exact) mass is 310 g/mol. The molecule has 0 aliphatic heterocycles. The van der Waals surface area contributed by atoms with Crippen LogP contribution in [0.25, 0.3) is 10.9 Å². The van der Waals surface area contributed by atoms with Crippen molar-refractivity contribution in [3.05, 3.63) is 24.4 Å². The number of hydrogen-bond donors (Lipinski definition) is 1. The Morgan fingerprint density at radius 1 is 1.29 bits per heavy atom. The van der Waals surface area contributed by atoms with Crippen LogP contribution >= 0.6 is 0 Å². The number of methoxy groups -OCH3 is 1. The fourth-order valence-corrected chi connectivity index (χ4v) is 3.41. The summed E-state index contributed by atoms with van der Waals surface area (Å²) in [7, 11) is -2.26. The quantitative estimate of drug-likeness (QED) is 0.891. The first-order chi connectivity index (χ1) is 9.92. The molecule has 2 aromatic rings. The van der Waals surface area contributed by atoms with Crippen LogP contribution in [0.3, 0.4) is 0 Å². The summed E-state index contributed by atoms with van der Waals surface area (Å²) in [6, 6.07) is 5.50. The Bertz CT molecular complexity index is 731. The van der Waals surface area contributed by atoms with Crippen molar-refractivity contribution in [2.45, 2.75) is 38.1 Å². The second-order valence-corrected chi connectivity index (χ2v) is 6.76. The van der Waals surface area contributed by atoms with Crippen LogP contribution in [-0.4, -0.2) is 20.1 Å². The van der Waals surface area contributed by atoms with E-state index in [1.165, 1.54) is 7.11 Å². The fourth-order valence-electron chi connectivity index (χ4n) is 2.64. The first-order valence-electron chi connectivity index (χ1n) is 7.11. The molecule has 0 atom stereocenters. The number of ether oxygens (including phenoxy) is 1. The third-order valence-electron chi connectivity index (χ3n) is 3.97. The van der Waals surface area contributed by atoms with Crippen LogP contribution in [0.2, 0.25) is 0 Å². The van der Waals surface area contributed by atoms with Crippen molar-refractivity contribution >= 4 is 20.9 Å². The zero-order valence-corrected chi connectivity index (χ0v) is 13.5. The van der Waals surface area contributed by atoms with Gasteiger partial charge in [0.1, 0.15) is 10.6 Å². The molecule has 1 heterocycles. The summed E-state index contributed by atoms with van der Waals surface area (Å²) >= 11 is 0. The zero-order valence-electron chi connectivity index (χ0n) is 12.7. The van der Waals surface area contributed by atoms with Gasteiger partial charge in [-0.2, -0.15) is 0 Å². The first-order valence-corrected chi connectivity index (χ1v) is 8.65. The molecule has 2 N–H and O–H groups in total. The highest BCUT2D eigenvalue weighted by Crippen LogP contribution is 2.33. The maximum atomic E-state index is 11.9. The van der Waals surface area contributed by atoms with Crippen molar-refractivity contribution in [2.24, 2.45) is 11.1 Å². The topological polar surface area (TPSA) is 74.3 Å². The molecule has 0 unspecified atom stereocenters. The molecule has 0 saturated heterocycles. The van der Waals surface area contributed by atoms with E-state index < -0.39 is 10.0 Å². The number of hydrogen-bond acceptors (Lipinski definition) is 3. The number of fused-ring (bicyclic) bond motifs is 1. The molecule has 5 nitrogen and oxygen atoms in total. The Hall–Kier alpha value is -1.53. The molecule has 1 aromatic heterocycles. The molecule has 0 radical (unpaired) electrons. The number of nitrogens with zero attached hydrogens (tertiary/aromatic N) is 1. The number of primary sulfonamides is 1. The van der Waals surface area contributed by atoms with Crippen LogP contribution < -0.4 is 9.88 Å². The predicted octanol–water partition coefficient (Wildman–Crippen LogP) is 2.73. The molecular weight excluding hydrogens is 288 g/mol. The van der Waals surface area contributed by atoms with Crippen LogP contribution in [-0.2, 0) is 16.6 Å². The molecule has 0 aliphatic rings. The van der Waals surface area contributed by atoms with Crippen LogP contribution in [0.4, 0.5) is 0 Å². The molecule has 21 heavy (non-hydrogen) atoms. The molecule has 0 aliphatic carbocycles. The van der Waals surface area contributed by atoms with Crippen molar-refractivity contribution in [2.75, 3.05) is 7.11 Å². The standard InChI is InChI=1S/C15H22N2O3S/c1-4-11(5-2)9-17-10-14(21(16,18)19)15-12(17)7-6-8-13(15)20-3/h6-8,10-11H,4-5,9H2,1-3H3,(H2,16,18,19). The van der Waals surface area contributed by atoms with Gasteiger partial charge in [-0.05, 0) is 18.1 Å². The summed E-state index contributed by atoms with van der Waals surface area (Å²) in [5, 5.41) is 5.92. The van der Waals surface area contributed by atoms with Crippen molar-refractivity contribution < 1.29 is 13.2 Å². The summed E-state index contributed by atoms with van der Waals surface area (Å²) in [5.41, 5.74) is 0.838. The van der Waals surface area contributed by atoms with Crippen LogP contribution in [0, 0.1) is 5.92 Å². The van der Waals surface area contributed by atoms with Gasteiger partial charge in [-0.3, -0.25) is 0 Å². The normalized spacial score (nSPS) is 12.2. The lowest BCUT2D eigenvalue weighted by atomic mass is 10.0. The molecule has 6 heteroatoms. The lowest BCUT2D eigenvalue weighted by molar-refractivity contribution is 0.418. The Morgan fingerprint density at radius 2 is 1.95 bits per heavy atom. The predicted molar refractivity (Wildman–Crippen MR) is 83.9 cm³/mol. The first kappa shape index (κ1) is 15.9. The van der Waals surface area contributed by atoms with E-state index in [-0.39, 0.29) is 4.90 Å². The van der Waals surface area contributed by atoms with Crippen LogP contribution in [0.15, 0.2) is 29.3 Å². The number of nitrogens with two attached hydrogens (primary N) is 1.